The van der Waals surface area contributed by atoms with Gasteiger partial charge in [0.25, 0.3) is 0 Å². The molecule has 0 bridgehead atoms. The van der Waals surface area contributed by atoms with Gasteiger partial charge in [0.05, 0.1) is 18.5 Å². The lowest BCUT2D eigenvalue weighted by atomic mass is 10.1. The predicted octanol–water partition coefficient (Wildman–Crippen LogP) is 1.30. The SMILES string of the molecule is OCCNCc1cn[nH]c1-c1ccc(F)cc1. The molecule has 0 radical (unpaired) electrons. The van der Waals surface area contributed by atoms with Gasteiger partial charge in [0.15, 0.2) is 0 Å². The molecule has 2 aromatic rings. The molecule has 0 atom stereocenters. The van der Waals surface area contributed by atoms with Crippen molar-refractivity contribution in [2.24, 2.45) is 0 Å². The van der Waals surface area contributed by atoms with Gasteiger partial charge in [-0.3, -0.25) is 5.10 Å². The first-order valence-electron chi connectivity index (χ1n) is 5.41. The summed E-state index contributed by atoms with van der Waals surface area (Å²) in [5.74, 6) is -0.256. The van der Waals surface area contributed by atoms with Crippen LogP contribution in [0.1, 0.15) is 5.56 Å². The molecule has 0 spiro atoms. The van der Waals surface area contributed by atoms with Crippen LogP contribution in [0.5, 0.6) is 0 Å². The van der Waals surface area contributed by atoms with Crippen molar-refractivity contribution in [3.05, 3.63) is 41.8 Å². The van der Waals surface area contributed by atoms with E-state index in [1.807, 2.05) is 0 Å². The molecule has 90 valence electrons. The largest absolute Gasteiger partial charge is 0.395 e. The fourth-order valence-electron chi connectivity index (χ4n) is 1.61. The van der Waals surface area contributed by atoms with Crippen LogP contribution in [0.25, 0.3) is 11.3 Å². The third-order valence-electron chi connectivity index (χ3n) is 2.45. The average molecular weight is 235 g/mol. The normalized spacial score (nSPS) is 10.7. The topological polar surface area (TPSA) is 60.9 Å². The van der Waals surface area contributed by atoms with Crippen LogP contribution < -0.4 is 5.32 Å². The third kappa shape index (κ3) is 2.89. The van der Waals surface area contributed by atoms with E-state index in [4.69, 9.17) is 5.11 Å². The number of hydrogen-bond acceptors (Lipinski definition) is 3. The van der Waals surface area contributed by atoms with Crippen molar-refractivity contribution in [2.45, 2.75) is 6.54 Å². The molecule has 3 N–H and O–H groups in total. The van der Waals surface area contributed by atoms with Gasteiger partial charge in [-0.05, 0) is 24.3 Å². The first kappa shape index (κ1) is 11.8. The van der Waals surface area contributed by atoms with E-state index in [2.05, 4.69) is 15.5 Å². The first-order chi connectivity index (χ1) is 8.31. The van der Waals surface area contributed by atoms with Gasteiger partial charge in [-0.1, -0.05) is 0 Å². The van der Waals surface area contributed by atoms with Crippen molar-refractivity contribution in [3.63, 3.8) is 0 Å². The zero-order valence-electron chi connectivity index (χ0n) is 9.28. The summed E-state index contributed by atoms with van der Waals surface area (Å²) in [5.41, 5.74) is 2.75. The molecular weight excluding hydrogens is 221 g/mol. The fourth-order valence-corrected chi connectivity index (χ4v) is 1.61. The van der Waals surface area contributed by atoms with E-state index < -0.39 is 0 Å². The van der Waals surface area contributed by atoms with E-state index in [9.17, 15) is 4.39 Å². The third-order valence-corrected chi connectivity index (χ3v) is 2.45. The van der Waals surface area contributed by atoms with Gasteiger partial charge in [-0.2, -0.15) is 5.10 Å². The van der Waals surface area contributed by atoms with Gasteiger partial charge in [0, 0.05) is 24.2 Å². The zero-order valence-corrected chi connectivity index (χ0v) is 9.28. The molecule has 0 aliphatic carbocycles. The summed E-state index contributed by atoms with van der Waals surface area (Å²) in [6, 6.07) is 6.25. The maximum absolute atomic E-state index is 12.8. The minimum absolute atomic E-state index is 0.101. The number of aromatic amines is 1. The molecule has 1 aromatic carbocycles. The van der Waals surface area contributed by atoms with Gasteiger partial charge in [-0.15, -0.1) is 0 Å². The Morgan fingerprint density at radius 1 is 1.29 bits per heavy atom. The quantitative estimate of drug-likeness (QED) is 0.684. The van der Waals surface area contributed by atoms with Gasteiger partial charge in [0.2, 0.25) is 0 Å². The number of rotatable bonds is 5. The summed E-state index contributed by atoms with van der Waals surface area (Å²) in [6.07, 6.45) is 1.73. The summed E-state index contributed by atoms with van der Waals surface area (Å²) in [5, 5.41) is 18.6. The summed E-state index contributed by atoms with van der Waals surface area (Å²) in [4.78, 5) is 0. The average Bonchev–Trinajstić information content (AvgIpc) is 2.79. The van der Waals surface area contributed by atoms with Crippen LogP contribution >= 0.6 is 0 Å². The van der Waals surface area contributed by atoms with Crippen molar-refractivity contribution in [1.82, 2.24) is 15.5 Å². The van der Waals surface area contributed by atoms with Gasteiger partial charge < -0.3 is 10.4 Å². The number of nitrogens with zero attached hydrogens (tertiary/aromatic N) is 1. The minimum atomic E-state index is -0.256. The molecule has 0 amide bonds. The van der Waals surface area contributed by atoms with E-state index in [0.29, 0.717) is 13.1 Å². The highest BCUT2D eigenvalue weighted by molar-refractivity contribution is 5.62. The highest BCUT2D eigenvalue weighted by Gasteiger charge is 2.07. The number of aliphatic hydroxyl groups is 1. The molecule has 17 heavy (non-hydrogen) atoms. The molecule has 4 nitrogen and oxygen atoms in total. The van der Waals surface area contributed by atoms with Crippen molar-refractivity contribution >= 4 is 0 Å². The van der Waals surface area contributed by atoms with Gasteiger partial charge in [0.1, 0.15) is 5.82 Å². The highest BCUT2D eigenvalue weighted by atomic mass is 19.1. The fraction of sp³-hybridized carbons (Fsp3) is 0.250. The summed E-state index contributed by atoms with van der Waals surface area (Å²) in [6.45, 7) is 1.25. The Morgan fingerprint density at radius 2 is 2.06 bits per heavy atom. The van der Waals surface area contributed by atoms with E-state index in [1.165, 1.54) is 12.1 Å². The van der Waals surface area contributed by atoms with Crippen molar-refractivity contribution in [2.75, 3.05) is 13.2 Å². The number of halogens is 1. The molecule has 0 fully saturated rings. The second kappa shape index (κ2) is 5.56. The Labute approximate surface area is 98.5 Å². The number of H-pyrrole nitrogens is 1. The van der Waals surface area contributed by atoms with Crippen LogP contribution in [0.15, 0.2) is 30.5 Å². The summed E-state index contributed by atoms with van der Waals surface area (Å²) in [7, 11) is 0. The lowest BCUT2D eigenvalue weighted by molar-refractivity contribution is 0.292. The molecule has 0 saturated carbocycles. The van der Waals surface area contributed by atoms with Crippen LogP contribution in [0, 0.1) is 5.82 Å². The maximum Gasteiger partial charge on any atom is 0.123 e. The maximum atomic E-state index is 12.8. The number of aliphatic hydroxyl groups excluding tert-OH is 1. The standard InChI is InChI=1S/C12H14FN3O/c13-11-3-1-9(2-4-11)12-10(8-15-16-12)7-14-5-6-17/h1-4,8,14,17H,5-7H2,(H,15,16). The summed E-state index contributed by atoms with van der Waals surface area (Å²) < 4.78 is 12.8. The molecule has 0 aliphatic heterocycles. The van der Waals surface area contributed by atoms with Crippen molar-refractivity contribution < 1.29 is 9.50 Å². The van der Waals surface area contributed by atoms with Crippen molar-refractivity contribution in [1.29, 1.82) is 0 Å². The number of hydrogen-bond donors (Lipinski definition) is 3. The molecule has 0 aliphatic rings. The van der Waals surface area contributed by atoms with Crippen LogP contribution in [-0.4, -0.2) is 28.5 Å². The number of aromatic nitrogens is 2. The van der Waals surface area contributed by atoms with E-state index in [-0.39, 0.29) is 12.4 Å². The summed E-state index contributed by atoms with van der Waals surface area (Å²) >= 11 is 0. The molecule has 0 saturated heterocycles. The Morgan fingerprint density at radius 3 is 2.76 bits per heavy atom. The predicted molar refractivity (Wildman–Crippen MR) is 62.8 cm³/mol. The number of benzene rings is 1. The minimum Gasteiger partial charge on any atom is -0.395 e. The highest BCUT2D eigenvalue weighted by Crippen LogP contribution is 2.20. The first-order valence-corrected chi connectivity index (χ1v) is 5.41. The monoisotopic (exact) mass is 235 g/mol. The molecule has 5 heteroatoms. The van der Waals surface area contributed by atoms with E-state index in [0.717, 1.165) is 16.8 Å². The van der Waals surface area contributed by atoms with Crippen LogP contribution in [0.2, 0.25) is 0 Å². The van der Waals surface area contributed by atoms with Gasteiger partial charge >= 0.3 is 0 Å². The molecule has 1 heterocycles. The van der Waals surface area contributed by atoms with E-state index >= 15 is 0 Å². The van der Waals surface area contributed by atoms with Gasteiger partial charge in [-0.25, -0.2) is 4.39 Å². The molecule has 1 aromatic heterocycles. The molecule has 2 rings (SSSR count). The zero-order chi connectivity index (χ0) is 12.1. The van der Waals surface area contributed by atoms with Crippen LogP contribution in [-0.2, 0) is 6.54 Å². The van der Waals surface area contributed by atoms with Crippen LogP contribution in [0.4, 0.5) is 4.39 Å². The van der Waals surface area contributed by atoms with E-state index in [1.54, 1.807) is 18.3 Å². The number of nitrogens with one attached hydrogen (secondary N) is 2. The lowest BCUT2D eigenvalue weighted by Crippen LogP contribution is -2.17. The van der Waals surface area contributed by atoms with Crippen molar-refractivity contribution in [3.8, 4) is 11.3 Å². The Balaban J connectivity index is 2.15. The second-order valence-corrected chi connectivity index (χ2v) is 3.68. The Hall–Kier alpha value is -1.72. The lowest BCUT2D eigenvalue weighted by Gasteiger charge is -2.04. The van der Waals surface area contributed by atoms with Crippen LogP contribution in [0.3, 0.4) is 0 Å². The second-order valence-electron chi connectivity index (χ2n) is 3.68. The Kier molecular flexibility index (Phi) is 3.85. The molecule has 0 unspecified atom stereocenters. The molecular formula is C12H14FN3O. The smallest absolute Gasteiger partial charge is 0.123 e. The Bertz CT molecular complexity index is 467.